The lowest BCUT2D eigenvalue weighted by molar-refractivity contribution is -0.121. The molecular formula is C16H12BrNO2S2. The Labute approximate surface area is 146 Å². The van der Waals surface area contributed by atoms with E-state index in [0.29, 0.717) is 15.0 Å². The molecule has 1 aromatic carbocycles. The summed E-state index contributed by atoms with van der Waals surface area (Å²) in [7, 11) is 1.68. The molecule has 1 fully saturated rings. The molecule has 1 amide bonds. The fourth-order valence-corrected chi connectivity index (χ4v) is 3.92. The minimum atomic E-state index is -0.0931. The van der Waals surface area contributed by atoms with Crippen LogP contribution in [0.25, 0.3) is 17.4 Å². The molecular weight excluding hydrogens is 382 g/mol. The maximum atomic E-state index is 12.0. The van der Waals surface area contributed by atoms with Crippen molar-refractivity contribution in [3.8, 4) is 11.3 Å². The predicted molar refractivity (Wildman–Crippen MR) is 97.5 cm³/mol. The summed E-state index contributed by atoms with van der Waals surface area (Å²) in [6.45, 7) is 2.04. The molecule has 0 radical (unpaired) electrons. The maximum Gasteiger partial charge on any atom is 0.266 e. The Morgan fingerprint density at radius 1 is 1.32 bits per heavy atom. The molecule has 1 aromatic heterocycles. The van der Waals surface area contributed by atoms with Crippen molar-refractivity contribution in [2.45, 2.75) is 6.92 Å². The van der Waals surface area contributed by atoms with E-state index < -0.39 is 0 Å². The van der Waals surface area contributed by atoms with Gasteiger partial charge in [-0.05, 0) is 36.8 Å². The van der Waals surface area contributed by atoms with Gasteiger partial charge in [-0.2, -0.15) is 0 Å². The highest BCUT2D eigenvalue weighted by atomic mass is 79.9. The van der Waals surface area contributed by atoms with Crippen LogP contribution in [0.5, 0.6) is 0 Å². The predicted octanol–water partition coefficient (Wildman–Crippen LogP) is 4.85. The normalized spacial score (nSPS) is 16.9. The largest absolute Gasteiger partial charge is 0.457 e. The molecule has 3 rings (SSSR count). The van der Waals surface area contributed by atoms with E-state index in [1.54, 1.807) is 13.1 Å². The van der Waals surface area contributed by atoms with E-state index in [4.69, 9.17) is 16.6 Å². The number of hydrogen-bond acceptors (Lipinski definition) is 4. The van der Waals surface area contributed by atoms with Crippen LogP contribution in [-0.4, -0.2) is 22.2 Å². The lowest BCUT2D eigenvalue weighted by atomic mass is 10.1. The number of benzene rings is 1. The second kappa shape index (κ2) is 6.02. The molecule has 0 saturated carbocycles. The van der Waals surface area contributed by atoms with Crippen molar-refractivity contribution in [2.75, 3.05) is 7.05 Å². The average Bonchev–Trinajstić information content (AvgIpc) is 3.01. The third-order valence-electron chi connectivity index (χ3n) is 3.28. The lowest BCUT2D eigenvalue weighted by Crippen LogP contribution is -2.22. The number of furan rings is 1. The molecule has 1 aliphatic rings. The van der Waals surface area contributed by atoms with Gasteiger partial charge in [0.15, 0.2) is 0 Å². The fourth-order valence-electron chi connectivity index (χ4n) is 2.07. The van der Waals surface area contributed by atoms with Crippen LogP contribution in [-0.2, 0) is 4.79 Å². The molecule has 0 atom stereocenters. The first-order valence-corrected chi connectivity index (χ1v) is 8.55. The summed E-state index contributed by atoms with van der Waals surface area (Å²) < 4.78 is 7.38. The molecule has 112 valence electrons. The van der Waals surface area contributed by atoms with Gasteiger partial charge in [0.1, 0.15) is 15.8 Å². The number of thiocarbonyl (C=S) groups is 1. The third kappa shape index (κ3) is 2.91. The van der Waals surface area contributed by atoms with Crippen LogP contribution in [0, 0.1) is 6.92 Å². The van der Waals surface area contributed by atoms with Gasteiger partial charge >= 0.3 is 0 Å². The molecule has 6 heteroatoms. The van der Waals surface area contributed by atoms with Crippen molar-refractivity contribution in [1.29, 1.82) is 0 Å². The Bertz CT molecular complexity index is 810. The second-order valence-electron chi connectivity index (χ2n) is 4.93. The van der Waals surface area contributed by atoms with Crippen molar-refractivity contribution in [1.82, 2.24) is 4.90 Å². The molecule has 0 aliphatic carbocycles. The van der Waals surface area contributed by atoms with Gasteiger partial charge in [0.2, 0.25) is 0 Å². The lowest BCUT2D eigenvalue weighted by Gasteiger charge is -2.03. The van der Waals surface area contributed by atoms with Crippen LogP contribution in [0.1, 0.15) is 11.3 Å². The van der Waals surface area contributed by atoms with Crippen LogP contribution >= 0.6 is 39.9 Å². The van der Waals surface area contributed by atoms with Crippen molar-refractivity contribution >= 4 is 56.2 Å². The van der Waals surface area contributed by atoms with E-state index in [0.717, 1.165) is 15.8 Å². The minimum absolute atomic E-state index is 0.0931. The zero-order valence-corrected chi connectivity index (χ0v) is 15.1. The number of hydrogen-bond donors (Lipinski definition) is 0. The first kappa shape index (κ1) is 15.5. The topological polar surface area (TPSA) is 33.5 Å². The minimum Gasteiger partial charge on any atom is -0.457 e. The Balaban J connectivity index is 1.92. The summed E-state index contributed by atoms with van der Waals surface area (Å²) in [6, 6.07) is 9.83. The summed E-state index contributed by atoms with van der Waals surface area (Å²) >= 11 is 9.95. The summed E-state index contributed by atoms with van der Waals surface area (Å²) in [6.07, 6.45) is 1.73. The van der Waals surface area contributed by atoms with Crippen molar-refractivity contribution in [3.63, 3.8) is 0 Å². The SMILES string of the molecule is Cc1ccc(-c2ccc(C=C3SC(=S)N(C)C3=O)o2)c(Br)c1. The molecule has 1 saturated heterocycles. The van der Waals surface area contributed by atoms with Crippen LogP contribution < -0.4 is 0 Å². The number of likely N-dealkylation sites (N-methyl/N-ethyl adjacent to an activating group) is 1. The van der Waals surface area contributed by atoms with E-state index in [2.05, 4.69) is 15.9 Å². The summed E-state index contributed by atoms with van der Waals surface area (Å²) in [5, 5.41) is 0. The van der Waals surface area contributed by atoms with E-state index in [-0.39, 0.29) is 5.91 Å². The van der Waals surface area contributed by atoms with Gasteiger partial charge in [0, 0.05) is 23.2 Å². The number of aryl methyl sites for hydroxylation is 1. The van der Waals surface area contributed by atoms with Gasteiger partial charge in [0.25, 0.3) is 5.91 Å². The molecule has 0 N–H and O–H groups in total. The fraction of sp³-hybridized carbons (Fsp3) is 0.125. The van der Waals surface area contributed by atoms with Gasteiger partial charge in [-0.15, -0.1) is 0 Å². The van der Waals surface area contributed by atoms with Crippen molar-refractivity contribution in [3.05, 3.63) is 51.0 Å². The molecule has 2 heterocycles. The zero-order valence-electron chi connectivity index (χ0n) is 11.9. The molecule has 0 spiro atoms. The Morgan fingerprint density at radius 2 is 2.09 bits per heavy atom. The monoisotopic (exact) mass is 393 g/mol. The van der Waals surface area contributed by atoms with E-state index in [1.807, 2.05) is 37.3 Å². The van der Waals surface area contributed by atoms with Crippen LogP contribution in [0.2, 0.25) is 0 Å². The zero-order chi connectivity index (χ0) is 15.9. The van der Waals surface area contributed by atoms with Crippen molar-refractivity contribution in [2.24, 2.45) is 0 Å². The molecule has 2 aromatic rings. The standard InChI is InChI=1S/C16H12BrNO2S2/c1-9-3-5-11(12(17)7-9)13-6-4-10(20-13)8-14-15(19)18(2)16(21)22-14/h3-8H,1-2H3. The number of carbonyl (C=O) groups is 1. The maximum absolute atomic E-state index is 12.0. The van der Waals surface area contributed by atoms with Gasteiger partial charge in [-0.1, -0.05) is 46.0 Å². The summed E-state index contributed by atoms with van der Waals surface area (Å²) in [5.41, 5.74) is 2.15. The highest BCUT2D eigenvalue weighted by molar-refractivity contribution is 9.10. The summed E-state index contributed by atoms with van der Waals surface area (Å²) in [5.74, 6) is 1.30. The van der Waals surface area contributed by atoms with Crippen LogP contribution in [0.3, 0.4) is 0 Å². The smallest absolute Gasteiger partial charge is 0.266 e. The van der Waals surface area contributed by atoms with Gasteiger partial charge in [-0.3, -0.25) is 9.69 Å². The number of amides is 1. The first-order valence-electron chi connectivity index (χ1n) is 6.53. The highest BCUT2D eigenvalue weighted by Crippen LogP contribution is 2.34. The quantitative estimate of drug-likeness (QED) is 0.539. The number of thioether (sulfide) groups is 1. The van der Waals surface area contributed by atoms with Gasteiger partial charge < -0.3 is 4.42 Å². The van der Waals surface area contributed by atoms with Crippen LogP contribution in [0.15, 0.2) is 44.1 Å². The Morgan fingerprint density at radius 3 is 2.73 bits per heavy atom. The summed E-state index contributed by atoms with van der Waals surface area (Å²) in [4.78, 5) is 14.0. The molecule has 0 unspecified atom stereocenters. The molecule has 3 nitrogen and oxygen atoms in total. The van der Waals surface area contributed by atoms with Gasteiger partial charge in [0.05, 0.1) is 4.91 Å². The van der Waals surface area contributed by atoms with Crippen molar-refractivity contribution < 1.29 is 9.21 Å². The Hall–Kier alpha value is -1.37. The number of nitrogens with zero attached hydrogens (tertiary/aromatic N) is 1. The number of halogens is 1. The molecule has 0 bridgehead atoms. The van der Waals surface area contributed by atoms with Crippen LogP contribution in [0.4, 0.5) is 0 Å². The highest BCUT2D eigenvalue weighted by Gasteiger charge is 2.29. The number of rotatable bonds is 2. The second-order valence-corrected chi connectivity index (χ2v) is 7.46. The molecule has 1 aliphatic heterocycles. The van der Waals surface area contributed by atoms with E-state index in [9.17, 15) is 4.79 Å². The average molecular weight is 394 g/mol. The van der Waals surface area contributed by atoms with E-state index in [1.165, 1.54) is 22.2 Å². The number of carbonyl (C=O) groups excluding carboxylic acids is 1. The molecule has 22 heavy (non-hydrogen) atoms. The Kier molecular flexibility index (Phi) is 4.25. The van der Waals surface area contributed by atoms with E-state index >= 15 is 0 Å². The first-order chi connectivity index (χ1) is 10.5. The van der Waals surface area contributed by atoms with Gasteiger partial charge in [-0.25, -0.2) is 0 Å². The third-order valence-corrected chi connectivity index (χ3v) is 5.42.